The van der Waals surface area contributed by atoms with Gasteiger partial charge in [0, 0.05) is 34.1 Å². The van der Waals surface area contributed by atoms with E-state index in [4.69, 9.17) is 0 Å². The zero-order valence-corrected chi connectivity index (χ0v) is 21.9. The smallest absolute Gasteiger partial charge is 0.0462 e. The highest BCUT2D eigenvalue weighted by atomic mass is 15.1. The Kier molecular flexibility index (Phi) is 7.81. The molecule has 5 rings (SSSR count). The first kappa shape index (κ1) is 24.9. The molecule has 0 heterocycles. The second-order valence-corrected chi connectivity index (χ2v) is 9.11. The predicted molar refractivity (Wildman–Crippen MR) is 164 cm³/mol. The summed E-state index contributed by atoms with van der Waals surface area (Å²) in [5.41, 5.74) is 9.22. The van der Waals surface area contributed by atoms with E-state index in [1.165, 1.54) is 11.1 Å². The molecule has 0 aliphatic heterocycles. The lowest BCUT2D eigenvalue weighted by atomic mass is 10.0. The predicted octanol–water partition coefficient (Wildman–Crippen LogP) is 10.4. The molecule has 0 radical (unpaired) electrons. The molecule has 186 valence electrons. The highest BCUT2D eigenvalue weighted by molar-refractivity contribution is 5.79. The molecule has 5 aromatic rings. The van der Waals surface area contributed by atoms with Gasteiger partial charge in [0.1, 0.15) is 0 Å². The molecule has 0 atom stereocenters. The Bertz CT molecular complexity index is 1450. The summed E-state index contributed by atoms with van der Waals surface area (Å²) >= 11 is 0. The summed E-state index contributed by atoms with van der Waals surface area (Å²) in [4.78, 5) is 4.56. The number of nitrogens with zero attached hydrogens (tertiary/aromatic N) is 2. The molecule has 0 aliphatic carbocycles. The number of hydrogen-bond acceptors (Lipinski definition) is 2. The zero-order valence-electron chi connectivity index (χ0n) is 21.9. The summed E-state index contributed by atoms with van der Waals surface area (Å²) in [5, 5.41) is 0. The van der Waals surface area contributed by atoms with E-state index in [1.807, 2.05) is 6.92 Å². The van der Waals surface area contributed by atoms with Crippen LogP contribution in [-0.4, -0.2) is 0 Å². The van der Waals surface area contributed by atoms with Crippen molar-refractivity contribution in [3.05, 3.63) is 163 Å². The number of anilines is 5. The van der Waals surface area contributed by atoms with Crippen molar-refractivity contribution in [1.29, 1.82) is 0 Å². The van der Waals surface area contributed by atoms with E-state index in [0.29, 0.717) is 0 Å². The van der Waals surface area contributed by atoms with Gasteiger partial charge in [-0.2, -0.15) is 0 Å². The minimum atomic E-state index is 1.13. The average Bonchev–Trinajstić information content (AvgIpc) is 2.99. The number of rotatable bonds is 8. The normalized spacial score (nSPS) is 11.5. The maximum atomic E-state index is 2.28. The first-order valence-corrected chi connectivity index (χ1v) is 13.0. The van der Waals surface area contributed by atoms with Crippen LogP contribution in [0.4, 0.5) is 28.4 Å². The summed E-state index contributed by atoms with van der Waals surface area (Å²) in [6.45, 7) is 4.18. The van der Waals surface area contributed by atoms with Crippen LogP contribution >= 0.6 is 0 Å². The Balaban J connectivity index is 1.44. The molecule has 38 heavy (non-hydrogen) atoms. The van der Waals surface area contributed by atoms with Crippen molar-refractivity contribution < 1.29 is 0 Å². The average molecular weight is 493 g/mol. The Morgan fingerprint density at radius 2 is 0.842 bits per heavy atom. The monoisotopic (exact) mass is 492 g/mol. The molecule has 0 bridgehead atoms. The third-order valence-electron chi connectivity index (χ3n) is 6.51. The van der Waals surface area contributed by atoms with Gasteiger partial charge in [-0.3, -0.25) is 0 Å². The lowest BCUT2D eigenvalue weighted by molar-refractivity contribution is 1.16. The second kappa shape index (κ2) is 11.9. The van der Waals surface area contributed by atoms with Gasteiger partial charge in [0.2, 0.25) is 0 Å². The van der Waals surface area contributed by atoms with Gasteiger partial charge < -0.3 is 9.80 Å². The fourth-order valence-corrected chi connectivity index (χ4v) is 4.65. The third kappa shape index (κ3) is 5.61. The van der Waals surface area contributed by atoms with Crippen molar-refractivity contribution in [3.8, 4) is 11.1 Å². The Morgan fingerprint density at radius 1 is 0.474 bits per heavy atom. The van der Waals surface area contributed by atoms with Crippen LogP contribution in [-0.2, 0) is 0 Å². The van der Waals surface area contributed by atoms with Gasteiger partial charge in [-0.25, -0.2) is 0 Å². The van der Waals surface area contributed by atoms with Crippen molar-refractivity contribution in [3.63, 3.8) is 0 Å². The molecule has 0 amide bonds. The molecule has 0 spiro atoms. The van der Waals surface area contributed by atoms with E-state index < -0.39 is 0 Å². The summed E-state index contributed by atoms with van der Waals surface area (Å²) in [6, 6.07) is 49.1. The number of benzene rings is 5. The first-order chi connectivity index (χ1) is 18.7. The minimum Gasteiger partial charge on any atom is -0.315 e. The highest BCUT2D eigenvalue weighted by Gasteiger charge is 2.13. The van der Waals surface area contributed by atoms with Gasteiger partial charge in [-0.1, -0.05) is 91.0 Å². The number of allylic oxidation sites excluding steroid dienone is 4. The SMILES string of the molecule is C/C=C\C=C(/C)N(c1ccccc1)c1ccc(-c2ccc(N(c3ccccc3)c3ccccc3)cc2)cc1. The summed E-state index contributed by atoms with van der Waals surface area (Å²) in [5.74, 6) is 0. The molecule has 0 aromatic heterocycles. The zero-order chi connectivity index (χ0) is 26.2. The highest BCUT2D eigenvalue weighted by Crippen LogP contribution is 2.36. The van der Waals surface area contributed by atoms with Crippen LogP contribution in [0.5, 0.6) is 0 Å². The molecule has 0 aliphatic rings. The standard InChI is InChI=1S/C36H32N2/c1-3-4-14-29(2)37(32-15-8-5-9-16-32)35-25-21-30(22-26-35)31-23-27-36(28-24-31)38(33-17-10-6-11-18-33)34-19-12-7-13-20-34/h3-28H,1-2H3/b4-3-,29-14+. The van der Waals surface area contributed by atoms with E-state index in [2.05, 4.69) is 174 Å². The summed E-state index contributed by atoms with van der Waals surface area (Å²) < 4.78 is 0. The maximum absolute atomic E-state index is 2.28. The van der Waals surface area contributed by atoms with Crippen LogP contribution in [0.3, 0.4) is 0 Å². The van der Waals surface area contributed by atoms with E-state index in [9.17, 15) is 0 Å². The van der Waals surface area contributed by atoms with Gasteiger partial charge in [-0.15, -0.1) is 0 Å². The largest absolute Gasteiger partial charge is 0.315 e. The van der Waals surface area contributed by atoms with Crippen molar-refractivity contribution in [2.75, 3.05) is 9.80 Å². The topological polar surface area (TPSA) is 6.48 Å². The van der Waals surface area contributed by atoms with E-state index >= 15 is 0 Å². The third-order valence-corrected chi connectivity index (χ3v) is 6.51. The Hall–Kier alpha value is -4.82. The van der Waals surface area contributed by atoms with Crippen LogP contribution in [0.15, 0.2) is 163 Å². The van der Waals surface area contributed by atoms with Crippen LogP contribution < -0.4 is 9.80 Å². The van der Waals surface area contributed by atoms with Gasteiger partial charge in [0.15, 0.2) is 0 Å². The molecule has 2 heteroatoms. The lowest BCUT2D eigenvalue weighted by Gasteiger charge is -2.26. The van der Waals surface area contributed by atoms with Crippen molar-refractivity contribution in [1.82, 2.24) is 0 Å². The van der Waals surface area contributed by atoms with Crippen LogP contribution in [0.25, 0.3) is 11.1 Å². The minimum absolute atomic E-state index is 1.13. The number of hydrogen-bond donors (Lipinski definition) is 0. The number of para-hydroxylation sites is 3. The summed E-state index contributed by atoms with van der Waals surface area (Å²) in [6.07, 6.45) is 6.27. The van der Waals surface area contributed by atoms with Gasteiger partial charge in [0.25, 0.3) is 0 Å². The first-order valence-electron chi connectivity index (χ1n) is 13.0. The molecule has 0 saturated heterocycles. The molecular formula is C36H32N2. The fourth-order valence-electron chi connectivity index (χ4n) is 4.65. The second-order valence-electron chi connectivity index (χ2n) is 9.11. The fraction of sp³-hybridized carbons (Fsp3) is 0.0556. The van der Waals surface area contributed by atoms with Crippen LogP contribution in [0.2, 0.25) is 0 Å². The Labute approximate surface area is 226 Å². The molecule has 0 saturated carbocycles. The van der Waals surface area contributed by atoms with E-state index in [-0.39, 0.29) is 0 Å². The molecule has 5 aromatic carbocycles. The van der Waals surface area contributed by atoms with Crippen molar-refractivity contribution in [2.45, 2.75) is 13.8 Å². The Morgan fingerprint density at radius 3 is 1.29 bits per heavy atom. The quantitative estimate of drug-likeness (QED) is 0.199. The molecule has 0 unspecified atom stereocenters. The van der Waals surface area contributed by atoms with E-state index in [0.717, 1.165) is 34.1 Å². The van der Waals surface area contributed by atoms with Crippen molar-refractivity contribution in [2.24, 2.45) is 0 Å². The molecular weight excluding hydrogens is 460 g/mol. The lowest BCUT2D eigenvalue weighted by Crippen LogP contribution is -2.14. The molecule has 2 nitrogen and oxygen atoms in total. The molecule has 0 N–H and O–H groups in total. The maximum Gasteiger partial charge on any atom is 0.0462 e. The van der Waals surface area contributed by atoms with E-state index in [1.54, 1.807) is 0 Å². The van der Waals surface area contributed by atoms with Gasteiger partial charge >= 0.3 is 0 Å². The molecule has 0 fully saturated rings. The summed E-state index contributed by atoms with van der Waals surface area (Å²) in [7, 11) is 0. The van der Waals surface area contributed by atoms with Crippen LogP contribution in [0.1, 0.15) is 13.8 Å². The van der Waals surface area contributed by atoms with Crippen LogP contribution in [0, 0.1) is 0 Å². The van der Waals surface area contributed by atoms with Gasteiger partial charge in [-0.05, 0) is 91.7 Å². The van der Waals surface area contributed by atoms with Gasteiger partial charge in [0.05, 0.1) is 0 Å². The van der Waals surface area contributed by atoms with Crippen molar-refractivity contribution >= 4 is 28.4 Å².